The second-order valence-corrected chi connectivity index (χ2v) is 9.66. The van der Waals surface area contributed by atoms with E-state index in [-0.39, 0.29) is 10.8 Å². The monoisotopic (exact) mass is 378 g/mol. The van der Waals surface area contributed by atoms with Gasteiger partial charge in [0.25, 0.3) is 0 Å². The van der Waals surface area contributed by atoms with Gasteiger partial charge in [-0.05, 0) is 62.2 Å². The van der Waals surface area contributed by atoms with Crippen molar-refractivity contribution in [1.29, 1.82) is 0 Å². The van der Waals surface area contributed by atoms with Crippen molar-refractivity contribution in [2.45, 2.75) is 44.9 Å². The molecule has 0 saturated carbocycles. The van der Waals surface area contributed by atoms with Crippen LogP contribution in [0.15, 0.2) is 35.0 Å². The molecule has 1 unspecified atom stereocenters. The smallest absolute Gasteiger partial charge is 0.130 e. The van der Waals surface area contributed by atoms with Crippen molar-refractivity contribution in [1.82, 2.24) is 0 Å². The molecule has 2 nitrogen and oxygen atoms in total. The third kappa shape index (κ3) is 2.68. The first kappa shape index (κ1) is 17.5. The van der Waals surface area contributed by atoms with Crippen LogP contribution in [-0.2, 0) is 10.8 Å². The van der Waals surface area contributed by atoms with Crippen molar-refractivity contribution in [3.8, 4) is 11.5 Å². The van der Waals surface area contributed by atoms with Crippen LogP contribution in [0.1, 0.15) is 53.6 Å². The maximum absolute atomic E-state index is 10.2. The fraction of sp³-hybridized carbons (Fsp3) is 0.368. The minimum atomic E-state index is -0.229. The molecule has 1 atom stereocenters. The Bertz CT molecular complexity index is 840. The Morgan fingerprint density at radius 3 is 1.88 bits per heavy atom. The average Bonchev–Trinajstić information content (AvgIpc) is 3.26. The molecule has 3 heterocycles. The summed E-state index contributed by atoms with van der Waals surface area (Å²) in [5.41, 5.74) is -0.415. The van der Waals surface area contributed by atoms with Crippen LogP contribution in [0.25, 0.3) is 0 Å². The van der Waals surface area contributed by atoms with Crippen LogP contribution in [0.4, 0.5) is 0 Å². The summed E-state index contributed by atoms with van der Waals surface area (Å²) in [6.07, 6.45) is 0.922. The summed E-state index contributed by atoms with van der Waals surface area (Å²) in [6.45, 7) is 8.67. The van der Waals surface area contributed by atoms with E-state index in [2.05, 4.69) is 39.8 Å². The van der Waals surface area contributed by atoms with Crippen LogP contribution in [0.5, 0.6) is 11.5 Å². The van der Waals surface area contributed by atoms with Crippen molar-refractivity contribution in [2.75, 3.05) is 0 Å². The zero-order valence-electron chi connectivity index (χ0n) is 14.3. The molecule has 128 valence electrons. The molecule has 0 spiro atoms. The molecule has 3 aromatic heterocycles. The van der Waals surface area contributed by atoms with E-state index in [4.69, 9.17) is 0 Å². The first-order chi connectivity index (χ1) is 11.3. The SMILES string of the molecule is CCC(C)(c1ccc(C(C)(C)c2sccc2O)s1)c1sccc1O. The second kappa shape index (κ2) is 6.21. The molecular formula is C19H22O2S3. The summed E-state index contributed by atoms with van der Waals surface area (Å²) < 4.78 is 0. The molecule has 0 aliphatic heterocycles. The third-order valence-corrected chi connectivity index (χ3v) is 8.90. The largest absolute Gasteiger partial charge is 0.507 e. The topological polar surface area (TPSA) is 40.5 Å². The van der Waals surface area contributed by atoms with Crippen LogP contribution in [0.3, 0.4) is 0 Å². The lowest BCUT2D eigenvalue weighted by atomic mass is 9.83. The van der Waals surface area contributed by atoms with E-state index < -0.39 is 0 Å². The lowest BCUT2D eigenvalue weighted by molar-refractivity contribution is 0.451. The molecule has 24 heavy (non-hydrogen) atoms. The van der Waals surface area contributed by atoms with Crippen molar-refractivity contribution < 1.29 is 10.2 Å². The number of aromatic hydroxyl groups is 2. The fourth-order valence-corrected chi connectivity index (χ4v) is 6.44. The van der Waals surface area contributed by atoms with Crippen molar-refractivity contribution >= 4 is 34.0 Å². The Morgan fingerprint density at radius 1 is 0.833 bits per heavy atom. The van der Waals surface area contributed by atoms with E-state index in [1.54, 1.807) is 46.1 Å². The van der Waals surface area contributed by atoms with E-state index in [9.17, 15) is 10.2 Å². The molecule has 5 heteroatoms. The van der Waals surface area contributed by atoms with Gasteiger partial charge in [0.15, 0.2) is 0 Å². The van der Waals surface area contributed by atoms with Gasteiger partial charge in [-0.15, -0.1) is 34.0 Å². The average molecular weight is 379 g/mol. The maximum Gasteiger partial charge on any atom is 0.130 e. The molecule has 2 N–H and O–H groups in total. The number of hydrogen-bond donors (Lipinski definition) is 2. The summed E-state index contributed by atoms with van der Waals surface area (Å²) in [4.78, 5) is 4.50. The summed E-state index contributed by atoms with van der Waals surface area (Å²) in [5, 5.41) is 24.2. The lowest BCUT2D eigenvalue weighted by Gasteiger charge is -2.27. The molecule has 0 aliphatic carbocycles. The summed E-state index contributed by atoms with van der Waals surface area (Å²) >= 11 is 4.98. The Labute approximate surface area is 155 Å². The molecule has 0 fully saturated rings. The van der Waals surface area contributed by atoms with Gasteiger partial charge >= 0.3 is 0 Å². The number of rotatable bonds is 5. The van der Waals surface area contributed by atoms with Gasteiger partial charge in [-0.25, -0.2) is 0 Å². The van der Waals surface area contributed by atoms with E-state index in [0.717, 1.165) is 16.2 Å². The van der Waals surface area contributed by atoms with Crippen molar-refractivity contribution in [3.63, 3.8) is 0 Å². The van der Waals surface area contributed by atoms with Crippen LogP contribution >= 0.6 is 34.0 Å². The van der Waals surface area contributed by atoms with Gasteiger partial charge in [0.2, 0.25) is 0 Å². The quantitative estimate of drug-likeness (QED) is 0.545. The Balaban J connectivity index is 2.04. The van der Waals surface area contributed by atoms with Gasteiger partial charge in [-0.1, -0.05) is 6.92 Å². The fourth-order valence-electron chi connectivity index (χ4n) is 3.01. The van der Waals surface area contributed by atoms with Crippen LogP contribution in [0, 0.1) is 0 Å². The minimum absolute atomic E-state index is 0.186. The van der Waals surface area contributed by atoms with Crippen LogP contribution in [-0.4, -0.2) is 10.2 Å². The van der Waals surface area contributed by atoms with E-state index >= 15 is 0 Å². The van der Waals surface area contributed by atoms with Crippen LogP contribution in [0.2, 0.25) is 0 Å². The highest BCUT2D eigenvalue weighted by atomic mass is 32.1. The highest BCUT2D eigenvalue weighted by Gasteiger charge is 2.35. The molecular weight excluding hydrogens is 356 g/mol. The first-order valence-electron chi connectivity index (χ1n) is 7.95. The third-order valence-electron chi connectivity index (χ3n) is 4.83. The Morgan fingerprint density at radius 2 is 1.38 bits per heavy atom. The van der Waals surface area contributed by atoms with Gasteiger partial charge in [0.05, 0.1) is 9.75 Å². The molecule has 0 saturated heterocycles. The second-order valence-electron chi connectivity index (χ2n) is 6.74. The standard InChI is InChI=1S/C19H22O2S3/c1-5-19(4,17-13(21)9-11-23-17)15-7-6-14(24-15)18(2,3)16-12(20)8-10-22-16/h6-11,20-21H,5H2,1-4H3. The molecule has 0 bridgehead atoms. The Hall–Kier alpha value is -1.30. The van der Waals surface area contributed by atoms with Crippen LogP contribution < -0.4 is 0 Å². The van der Waals surface area contributed by atoms with E-state index in [1.165, 1.54) is 9.75 Å². The zero-order valence-corrected chi connectivity index (χ0v) is 16.7. The highest BCUT2D eigenvalue weighted by molar-refractivity contribution is 7.14. The lowest BCUT2D eigenvalue weighted by Crippen LogP contribution is -2.20. The van der Waals surface area contributed by atoms with Gasteiger partial charge in [0.1, 0.15) is 11.5 Å². The van der Waals surface area contributed by atoms with E-state index in [0.29, 0.717) is 11.5 Å². The van der Waals surface area contributed by atoms with Crippen molar-refractivity contribution in [2.24, 2.45) is 0 Å². The highest BCUT2D eigenvalue weighted by Crippen LogP contribution is 2.49. The molecule has 0 radical (unpaired) electrons. The van der Waals surface area contributed by atoms with Gasteiger partial charge in [-0.2, -0.15) is 0 Å². The molecule has 0 aromatic carbocycles. The van der Waals surface area contributed by atoms with Gasteiger partial charge in [-0.3, -0.25) is 0 Å². The number of hydrogen-bond acceptors (Lipinski definition) is 5. The summed E-state index contributed by atoms with van der Waals surface area (Å²) in [7, 11) is 0. The minimum Gasteiger partial charge on any atom is -0.507 e. The summed E-state index contributed by atoms with van der Waals surface area (Å²) in [5.74, 6) is 0.753. The normalized spacial score (nSPS) is 14.7. The number of thiophene rings is 3. The predicted molar refractivity (Wildman–Crippen MR) is 105 cm³/mol. The van der Waals surface area contributed by atoms with E-state index in [1.807, 2.05) is 10.8 Å². The molecule has 3 aromatic rings. The predicted octanol–water partition coefficient (Wildman–Crippen LogP) is 6.32. The molecule has 3 rings (SSSR count). The molecule has 0 aliphatic rings. The first-order valence-corrected chi connectivity index (χ1v) is 10.5. The summed E-state index contributed by atoms with van der Waals surface area (Å²) in [6, 6.07) is 7.87. The molecule has 0 amide bonds. The Kier molecular flexibility index (Phi) is 4.53. The maximum atomic E-state index is 10.2. The van der Waals surface area contributed by atoms with Crippen molar-refractivity contribution in [3.05, 3.63) is 54.5 Å². The zero-order chi connectivity index (χ0) is 17.5. The van der Waals surface area contributed by atoms with Gasteiger partial charge in [0, 0.05) is 20.6 Å². The van der Waals surface area contributed by atoms with Gasteiger partial charge < -0.3 is 10.2 Å².